The quantitative estimate of drug-likeness (QED) is 0.872. The maximum Gasteiger partial charge on any atom is 0.261 e. The molecule has 16 heavy (non-hydrogen) atoms. The second-order valence-corrected chi connectivity index (χ2v) is 5.97. The molecule has 2 unspecified atom stereocenters. The Hall–Kier alpha value is -0.550. The molecule has 1 fully saturated rings. The van der Waals surface area contributed by atoms with Gasteiger partial charge in [0.2, 0.25) is 0 Å². The van der Waals surface area contributed by atoms with Crippen molar-refractivity contribution in [2.45, 2.75) is 30.1 Å². The number of rotatable bonds is 3. The van der Waals surface area contributed by atoms with Crippen molar-refractivity contribution < 1.29 is 9.53 Å². The number of carbonyl (C=O) groups is 1. The minimum Gasteiger partial charge on any atom is -0.496 e. The number of ether oxygens (including phenoxy) is 1. The largest absolute Gasteiger partial charge is 0.496 e. The molecule has 1 saturated carbocycles. The standard InChI is InChI=1S/C11H14BrNO2S/c1-15-7-5-10(16-6-7)11(14)13-9-4-2-3-8(9)12/h5-6,8-9H,2-4H2,1H3,(H,13,14). The Bertz CT molecular complexity index is 380. The molecule has 1 aliphatic carbocycles. The molecule has 0 radical (unpaired) electrons. The summed E-state index contributed by atoms with van der Waals surface area (Å²) in [5.41, 5.74) is 0. The van der Waals surface area contributed by atoms with Crippen LogP contribution in [-0.2, 0) is 0 Å². The van der Waals surface area contributed by atoms with Crippen molar-refractivity contribution >= 4 is 33.2 Å². The van der Waals surface area contributed by atoms with Gasteiger partial charge in [-0.3, -0.25) is 4.79 Å². The first-order chi connectivity index (χ1) is 7.70. The lowest BCUT2D eigenvalue weighted by atomic mass is 10.2. The number of halogens is 1. The van der Waals surface area contributed by atoms with E-state index >= 15 is 0 Å². The normalized spacial score (nSPS) is 24.4. The van der Waals surface area contributed by atoms with Crippen molar-refractivity contribution in [1.29, 1.82) is 0 Å². The van der Waals surface area contributed by atoms with Crippen LogP contribution in [0.3, 0.4) is 0 Å². The summed E-state index contributed by atoms with van der Waals surface area (Å²) in [5.74, 6) is 0.751. The number of amides is 1. The second kappa shape index (κ2) is 5.19. The minimum absolute atomic E-state index is 0.00431. The van der Waals surface area contributed by atoms with Crippen LogP contribution in [0.2, 0.25) is 0 Å². The fourth-order valence-corrected chi connectivity index (χ4v) is 3.34. The average Bonchev–Trinajstić information content (AvgIpc) is 2.88. The van der Waals surface area contributed by atoms with Gasteiger partial charge in [0.15, 0.2) is 0 Å². The predicted octanol–water partition coefficient (Wildman–Crippen LogP) is 2.80. The molecule has 1 amide bonds. The number of nitrogens with one attached hydrogen (secondary N) is 1. The van der Waals surface area contributed by atoms with Crippen LogP contribution in [0.5, 0.6) is 5.75 Å². The van der Waals surface area contributed by atoms with E-state index in [0.717, 1.165) is 18.6 Å². The molecule has 0 spiro atoms. The number of hydrogen-bond donors (Lipinski definition) is 1. The van der Waals surface area contributed by atoms with Crippen LogP contribution in [0, 0.1) is 0 Å². The fourth-order valence-electron chi connectivity index (χ4n) is 1.86. The van der Waals surface area contributed by atoms with Gasteiger partial charge in [0, 0.05) is 22.3 Å². The zero-order chi connectivity index (χ0) is 11.5. The zero-order valence-corrected chi connectivity index (χ0v) is 11.4. The first-order valence-corrected chi connectivity index (χ1v) is 7.07. The first kappa shape index (κ1) is 11.9. The van der Waals surface area contributed by atoms with Crippen molar-refractivity contribution in [2.75, 3.05) is 7.11 Å². The van der Waals surface area contributed by atoms with Gasteiger partial charge in [0.1, 0.15) is 5.75 Å². The second-order valence-electron chi connectivity index (χ2n) is 3.88. The monoisotopic (exact) mass is 303 g/mol. The molecule has 0 aromatic carbocycles. The Balaban J connectivity index is 1.97. The summed E-state index contributed by atoms with van der Waals surface area (Å²) in [6.45, 7) is 0. The van der Waals surface area contributed by atoms with E-state index in [1.807, 2.05) is 5.38 Å². The van der Waals surface area contributed by atoms with Gasteiger partial charge >= 0.3 is 0 Å². The highest BCUT2D eigenvalue weighted by Crippen LogP contribution is 2.27. The van der Waals surface area contributed by atoms with Crippen LogP contribution in [0.1, 0.15) is 28.9 Å². The molecule has 1 N–H and O–H groups in total. The van der Waals surface area contributed by atoms with E-state index in [0.29, 0.717) is 9.70 Å². The molecule has 1 aliphatic rings. The third-order valence-corrected chi connectivity index (χ3v) is 4.79. The number of thiophene rings is 1. The highest BCUT2D eigenvalue weighted by atomic mass is 79.9. The Morgan fingerprint density at radius 3 is 3.00 bits per heavy atom. The van der Waals surface area contributed by atoms with Crippen LogP contribution in [0.15, 0.2) is 11.4 Å². The van der Waals surface area contributed by atoms with Crippen LogP contribution in [0.25, 0.3) is 0 Å². The van der Waals surface area contributed by atoms with Crippen molar-refractivity contribution in [3.8, 4) is 5.75 Å². The number of hydrogen-bond acceptors (Lipinski definition) is 3. The molecule has 0 aliphatic heterocycles. The summed E-state index contributed by atoms with van der Waals surface area (Å²) in [6.07, 6.45) is 3.37. The van der Waals surface area contributed by atoms with E-state index in [-0.39, 0.29) is 11.9 Å². The molecule has 3 nitrogen and oxygen atoms in total. The Morgan fingerprint density at radius 2 is 2.44 bits per heavy atom. The molecule has 2 atom stereocenters. The van der Waals surface area contributed by atoms with E-state index in [1.54, 1.807) is 13.2 Å². The van der Waals surface area contributed by atoms with E-state index in [1.165, 1.54) is 17.8 Å². The molecule has 1 aromatic heterocycles. The lowest BCUT2D eigenvalue weighted by Gasteiger charge is -2.15. The lowest BCUT2D eigenvalue weighted by molar-refractivity contribution is 0.0943. The smallest absolute Gasteiger partial charge is 0.261 e. The SMILES string of the molecule is COc1csc(C(=O)NC2CCCC2Br)c1. The summed E-state index contributed by atoms with van der Waals surface area (Å²) in [6, 6.07) is 2.04. The van der Waals surface area contributed by atoms with Crippen molar-refractivity contribution in [1.82, 2.24) is 5.32 Å². The van der Waals surface area contributed by atoms with E-state index in [9.17, 15) is 4.79 Å². The fraction of sp³-hybridized carbons (Fsp3) is 0.545. The molecule has 5 heteroatoms. The van der Waals surface area contributed by atoms with Gasteiger partial charge in [-0.1, -0.05) is 22.4 Å². The molecule has 1 heterocycles. The van der Waals surface area contributed by atoms with Gasteiger partial charge < -0.3 is 10.1 Å². The van der Waals surface area contributed by atoms with E-state index < -0.39 is 0 Å². The summed E-state index contributed by atoms with van der Waals surface area (Å²) in [5, 5.41) is 4.89. The zero-order valence-electron chi connectivity index (χ0n) is 9.03. The predicted molar refractivity (Wildman–Crippen MR) is 68.7 cm³/mol. The molecule has 2 rings (SSSR count). The van der Waals surface area contributed by atoms with Crippen molar-refractivity contribution in [2.24, 2.45) is 0 Å². The molecule has 0 bridgehead atoms. The Kier molecular flexibility index (Phi) is 3.86. The van der Waals surface area contributed by atoms with Crippen LogP contribution in [-0.4, -0.2) is 23.9 Å². The van der Waals surface area contributed by atoms with Gasteiger partial charge in [-0.05, 0) is 12.8 Å². The number of alkyl halides is 1. The van der Waals surface area contributed by atoms with Crippen LogP contribution in [0.4, 0.5) is 0 Å². The van der Waals surface area contributed by atoms with Gasteiger partial charge in [-0.25, -0.2) is 0 Å². The summed E-state index contributed by atoms with van der Waals surface area (Å²) in [4.78, 5) is 13.0. The average molecular weight is 304 g/mol. The molecule has 88 valence electrons. The highest BCUT2D eigenvalue weighted by Gasteiger charge is 2.26. The van der Waals surface area contributed by atoms with E-state index in [4.69, 9.17) is 4.74 Å². The summed E-state index contributed by atoms with van der Waals surface area (Å²) < 4.78 is 5.06. The van der Waals surface area contributed by atoms with E-state index in [2.05, 4.69) is 21.2 Å². The molecular formula is C11H14BrNO2S. The molecule has 0 saturated heterocycles. The summed E-state index contributed by atoms with van der Waals surface area (Å²) in [7, 11) is 1.61. The number of methoxy groups -OCH3 is 1. The summed E-state index contributed by atoms with van der Waals surface area (Å²) >= 11 is 5.00. The Morgan fingerprint density at radius 1 is 1.62 bits per heavy atom. The van der Waals surface area contributed by atoms with Crippen LogP contribution < -0.4 is 10.1 Å². The Labute approximate surface area is 107 Å². The van der Waals surface area contributed by atoms with Crippen molar-refractivity contribution in [3.63, 3.8) is 0 Å². The van der Waals surface area contributed by atoms with Gasteiger partial charge in [0.25, 0.3) is 5.91 Å². The third kappa shape index (κ3) is 2.58. The maximum absolute atomic E-state index is 11.9. The number of carbonyl (C=O) groups excluding carboxylic acids is 1. The first-order valence-electron chi connectivity index (χ1n) is 5.28. The maximum atomic E-state index is 11.9. The molecule has 1 aromatic rings. The van der Waals surface area contributed by atoms with Gasteiger partial charge in [0.05, 0.1) is 12.0 Å². The van der Waals surface area contributed by atoms with Gasteiger partial charge in [-0.15, -0.1) is 11.3 Å². The van der Waals surface area contributed by atoms with Crippen LogP contribution >= 0.6 is 27.3 Å². The third-order valence-electron chi connectivity index (χ3n) is 2.78. The minimum atomic E-state index is 0.00431. The topological polar surface area (TPSA) is 38.3 Å². The highest BCUT2D eigenvalue weighted by molar-refractivity contribution is 9.09. The molecular weight excluding hydrogens is 290 g/mol. The lowest BCUT2D eigenvalue weighted by Crippen LogP contribution is -2.37. The van der Waals surface area contributed by atoms with Gasteiger partial charge in [-0.2, -0.15) is 0 Å². The van der Waals surface area contributed by atoms with Crippen molar-refractivity contribution in [3.05, 3.63) is 16.3 Å².